The van der Waals surface area contributed by atoms with Crippen LogP contribution in [0.15, 0.2) is 36.7 Å². The summed E-state index contributed by atoms with van der Waals surface area (Å²) in [5.74, 6) is -0.500. The molecule has 0 spiro atoms. The van der Waals surface area contributed by atoms with Gasteiger partial charge in [0.2, 0.25) is 5.91 Å². The number of rotatable bonds is 6. The van der Waals surface area contributed by atoms with E-state index in [1.165, 1.54) is 6.07 Å². The van der Waals surface area contributed by atoms with E-state index < -0.39 is 13.5 Å². The summed E-state index contributed by atoms with van der Waals surface area (Å²) in [6.45, 7) is 4.39. The lowest BCUT2D eigenvalue weighted by atomic mass is 9.97. The highest BCUT2D eigenvalue weighted by atomic mass is 31.2. The molecule has 27 heavy (non-hydrogen) atoms. The maximum absolute atomic E-state index is 11.8. The number of carbonyl (C=O) groups excluding carboxylic acids is 1. The van der Waals surface area contributed by atoms with Crippen LogP contribution in [0.25, 0.3) is 11.0 Å². The van der Waals surface area contributed by atoms with Gasteiger partial charge < -0.3 is 20.1 Å². The molecule has 3 aromatic rings. The van der Waals surface area contributed by atoms with Crippen LogP contribution in [-0.4, -0.2) is 25.2 Å². The molecule has 0 fully saturated rings. The second-order valence-corrected chi connectivity index (χ2v) is 7.96. The Kier molecular flexibility index (Phi) is 5.20. The fourth-order valence-electron chi connectivity index (χ4n) is 3.51. The maximum atomic E-state index is 11.8. The molecule has 0 unspecified atom stereocenters. The monoisotopic (exact) mass is 387 g/mol. The van der Waals surface area contributed by atoms with Gasteiger partial charge in [-0.25, -0.2) is 4.98 Å². The number of nitrogens with zero attached hydrogens (tertiary/aromatic N) is 2. The van der Waals surface area contributed by atoms with Crippen LogP contribution in [0.1, 0.15) is 40.9 Å². The Labute approximate surface area is 157 Å². The number of primary amides is 1. The SMILES string of the molecule is CCc1c(Cn2cnc3cc(C(N)=O)ccc32)ccc(P(=O)(O)O)c1CC. The Morgan fingerprint density at radius 1 is 1.15 bits per heavy atom. The van der Waals surface area contributed by atoms with E-state index in [0.29, 0.717) is 36.0 Å². The molecule has 0 aliphatic rings. The van der Waals surface area contributed by atoms with Crippen molar-refractivity contribution >= 4 is 29.8 Å². The van der Waals surface area contributed by atoms with Crippen LogP contribution in [0.5, 0.6) is 0 Å². The fourth-order valence-corrected chi connectivity index (χ4v) is 4.43. The molecule has 1 amide bonds. The number of hydrogen-bond donors (Lipinski definition) is 3. The molecule has 4 N–H and O–H groups in total. The van der Waals surface area contributed by atoms with Crippen molar-refractivity contribution in [2.24, 2.45) is 5.73 Å². The Balaban J connectivity index is 2.07. The molecular weight excluding hydrogens is 365 g/mol. The molecule has 1 heterocycles. The molecule has 0 saturated carbocycles. The first-order chi connectivity index (χ1) is 12.8. The number of benzene rings is 2. The molecule has 0 radical (unpaired) electrons. The summed E-state index contributed by atoms with van der Waals surface area (Å²) >= 11 is 0. The molecule has 3 rings (SSSR count). The minimum absolute atomic E-state index is 0.104. The van der Waals surface area contributed by atoms with E-state index in [1.807, 2.05) is 18.4 Å². The summed E-state index contributed by atoms with van der Waals surface area (Å²) in [6.07, 6.45) is 2.91. The number of carbonyl (C=O) groups is 1. The summed E-state index contributed by atoms with van der Waals surface area (Å²) in [4.78, 5) is 35.0. The van der Waals surface area contributed by atoms with E-state index in [1.54, 1.807) is 30.6 Å². The zero-order valence-electron chi connectivity index (χ0n) is 15.2. The fraction of sp³-hybridized carbons (Fsp3) is 0.263. The molecule has 0 saturated heterocycles. The number of amides is 1. The lowest BCUT2D eigenvalue weighted by Crippen LogP contribution is -2.16. The van der Waals surface area contributed by atoms with Crippen LogP contribution in [0, 0.1) is 0 Å². The first-order valence-corrected chi connectivity index (χ1v) is 10.3. The Morgan fingerprint density at radius 2 is 1.85 bits per heavy atom. The van der Waals surface area contributed by atoms with Gasteiger partial charge in [-0.1, -0.05) is 19.9 Å². The second-order valence-electron chi connectivity index (χ2n) is 6.39. The van der Waals surface area contributed by atoms with Crippen LogP contribution < -0.4 is 11.0 Å². The summed E-state index contributed by atoms with van der Waals surface area (Å²) in [7, 11) is -4.32. The normalized spacial score (nSPS) is 11.9. The van der Waals surface area contributed by atoms with E-state index in [2.05, 4.69) is 4.98 Å². The summed E-state index contributed by atoms with van der Waals surface area (Å²) in [5.41, 5.74) is 9.91. The van der Waals surface area contributed by atoms with Gasteiger partial charge in [-0.15, -0.1) is 0 Å². The first-order valence-electron chi connectivity index (χ1n) is 8.70. The molecule has 0 aliphatic carbocycles. The predicted molar refractivity (Wildman–Crippen MR) is 104 cm³/mol. The van der Waals surface area contributed by atoms with Crippen molar-refractivity contribution in [2.45, 2.75) is 33.2 Å². The van der Waals surface area contributed by atoms with Crippen LogP contribution in [0.2, 0.25) is 0 Å². The predicted octanol–water partition coefficient (Wildman–Crippen LogP) is 2.11. The van der Waals surface area contributed by atoms with Gasteiger partial charge in [0.1, 0.15) is 0 Å². The molecule has 142 valence electrons. The van der Waals surface area contributed by atoms with Crippen molar-refractivity contribution in [2.75, 3.05) is 0 Å². The van der Waals surface area contributed by atoms with Crippen molar-refractivity contribution in [3.8, 4) is 0 Å². The van der Waals surface area contributed by atoms with E-state index >= 15 is 0 Å². The average molecular weight is 387 g/mol. The Morgan fingerprint density at radius 3 is 2.44 bits per heavy atom. The molecule has 7 nitrogen and oxygen atoms in total. The lowest BCUT2D eigenvalue weighted by Gasteiger charge is -2.18. The van der Waals surface area contributed by atoms with E-state index in [9.17, 15) is 19.1 Å². The third-order valence-corrected chi connectivity index (χ3v) is 5.82. The molecule has 0 bridgehead atoms. The topological polar surface area (TPSA) is 118 Å². The number of nitrogens with two attached hydrogens (primary N) is 1. The number of fused-ring (bicyclic) bond motifs is 1. The summed E-state index contributed by atoms with van der Waals surface area (Å²) in [6, 6.07) is 8.43. The zero-order valence-corrected chi connectivity index (χ0v) is 16.1. The van der Waals surface area contributed by atoms with Crippen molar-refractivity contribution in [3.63, 3.8) is 0 Å². The van der Waals surface area contributed by atoms with Crippen LogP contribution in [0.4, 0.5) is 0 Å². The summed E-state index contributed by atoms with van der Waals surface area (Å²) in [5, 5.41) is 0.104. The van der Waals surface area contributed by atoms with Gasteiger partial charge in [-0.2, -0.15) is 0 Å². The number of hydrogen-bond acceptors (Lipinski definition) is 3. The molecule has 0 atom stereocenters. The van der Waals surface area contributed by atoms with Gasteiger partial charge in [-0.3, -0.25) is 9.36 Å². The second kappa shape index (κ2) is 7.27. The molecule has 0 aliphatic heterocycles. The van der Waals surface area contributed by atoms with Crippen LogP contribution in [0.3, 0.4) is 0 Å². The average Bonchev–Trinajstić information content (AvgIpc) is 3.02. The minimum Gasteiger partial charge on any atom is -0.366 e. The van der Waals surface area contributed by atoms with Gasteiger partial charge in [-0.05, 0) is 53.8 Å². The van der Waals surface area contributed by atoms with E-state index in [4.69, 9.17) is 5.73 Å². The molecule has 2 aromatic carbocycles. The largest absolute Gasteiger partial charge is 0.366 e. The highest BCUT2D eigenvalue weighted by Gasteiger charge is 2.24. The smallest absolute Gasteiger partial charge is 0.356 e. The molecule has 1 aromatic heterocycles. The molecule has 8 heteroatoms. The van der Waals surface area contributed by atoms with Gasteiger partial charge in [0.25, 0.3) is 0 Å². The van der Waals surface area contributed by atoms with Gasteiger partial charge >= 0.3 is 7.60 Å². The Hall–Kier alpha value is -2.47. The zero-order chi connectivity index (χ0) is 19.8. The maximum Gasteiger partial charge on any atom is 0.356 e. The van der Waals surface area contributed by atoms with Gasteiger partial charge in [0.15, 0.2) is 0 Å². The van der Waals surface area contributed by atoms with Gasteiger partial charge in [0.05, 0.1) is 22.7 Å². The van der Waals surface area contributed by atoms with Crippen molar-refractivity contribution in [1.29, 1.82) is 0 Å². The third-order valence-electron chi connectivity index (χ3n) is 4.77. The number of aromatic nitrogens is 2. The number of imidazole rings is 1. The Bertz CT molecular complexity index is 1070. The summed E-state index contributed by atoms with van der Waals surface area (Å²) < 4.78 is 13.8. The minimum atomic E-state index is -4.32. The highest BCUT2D eigenvalue weighted by molar-refractivity contribution is 7.60. The van der Waals surface area contributed by atoms with Crippen molar-refractivity contribution in [1.82, 2.24) is 9.55 Å². The quantitative estimate of drug-likeness (QED) is 0.560. The van der Waals surface area contributed by atoms with Gasteiger partial charge in [0, 0.05) is 12.1 Å². The highest BCUT2D eigenvalue weighted by Crippen LogP contribution is 2.36. The standard InChI is InChI=1S/C19H22N3O4P/c1-3-14-13(6-8-18(15(14)4-2)27(24,25)26)10-22-11-21-16-9-12(19(20)23)5-7-17(16)22/h5-9,11H,3-4,10H2,1-2H3,(H2,20,23)(H2,24,25,26). The first kappa shape index (κ1) is 19.3. The van der Waals surface area contributed by atoms with E-state index in [-0.39, 0.29) is 5.30 Å². The lowest BCUT2D eigenvalue weighted by molar-refractivity contribution is 0.100. The van der Waals surface area contributed by atoms with Crippen LogP contribution >= 0.6 is 7.60 Å². The van der Waals surface area contributed by atoms with Crippen LogP contribution in [-0.2, 0) is 24.0 Å². The third kappa shape index (κ3) is 3.67. The molecular formula is C19H22N3O4P. The van der Waals surface area contributed by atoms with Crippen molar-refractivity contribution in [3.05, 3.63) is 58.9 Å². The van der Waals surface area contributed by atoms with Crippen molar-refractivity contribution < 1.29 is 19.1 Å². The van der Waals surface area contributed by atoms with E-state index in [0.717, 1.165) is 16.6 Å².